The van der Waals surface area contributed by atoms with Crippen molar-refractivity contribution < 1.29 is 22.7 Å². The lowest BCUT2D eigenvalue weighted by Gasteiger charge is -2.31. The number of hydrogen-bond donors (Lipinski definition) is 1. The minimum Gasteiger partial charge on any atom is -0.465 e. The second-order valence-electron chi connectivity index (χ2n) is 6.90. The number of nitrogens with one attached hydrogen (secondary N) is 1. The van der Waals surface area contributed by atoms with Gasteiger partial charge in [-0.05, 0) is 42.5 Å². The molecule has 4 rings (SSSR count). The summed E-state index contributed by atoms with van der Waals surface area (Å²) >= 11 is 12.1. The molecule has 164 valence electrons. The molecule has 0 aromatic heterocycles. The number of anilines is 2. The molecule has 0 saturated heterocycles. The molecule has 1 aliphatic rings. The van der Waals surface area contributed by atoms with Crippen molar-refractivity contribution in [3.8, 4) is 11.1 Å². The molecule has 0 radical (unpaired) electrons. The molecule has 10 heteroatoms. The Balaban J connectivity index is 1.68. The summed E-state index contributed by atoms with van der Waals surface area (Å²) in [5.41, 5.74) is 1.81. The van der Waals surface area contributed by atoms with Gasteiger partial charge in [-0.25, -0.2) is 13.2 Å². The summed E-state index contributed by atoms with van der Waals surface area (Å²) in [5.74, 6) is -1.26. The summed E-state index contributed by atoms with van der Waals surface area (Å²) in [5, 5.41) is 3.21. The normalized spacial score (nSPS) is 13.7. The number of ether oxygens (including phenoxy) is 1. The first-order valence-corrected chi connectivity index (χ1v) is 11.5. The number of amides is 1. The summed E-state index contributed by atoms with van der Waals surface area (Å²) in [6.07, 6.45) is 0. The Morgan fingerprint density at radius 3 is 2.50 bits per heavy atom. The predicted molar refractivity (Wildman–Crippen MR) is 123 cm³/mol. The topological polar surface area (TPSA) is 92.8 Å². The number of carbonyl (C=O) groups is 2. The van der Waals surface area contributed by atoms with Gasteiger partial charge in [-0.3, -0.25) is 9.10 Å². The van der Waals surface area contributed by atoms with Gasteiger partial charge < -0.3 is 10.1 Å². The minimum atomic E-state index is -3.99. The maximum atomic E-state index is 13.3. The van der Waals surface area contributed by atoms with E-state index < -0.39 is 28.4 Å². The Kier molecular flexibility index (Phi) is 5.85. The molecular formula is C22H16Cl2N2O5S. The van der Waals surface area contributed by atoms with Crippen LogP contribution in [0.3, 0.4) is 0 Å². The standard InChI is InChI=1S/C22H16Cl2N2O5S/c1-31-22(28)17-11-14(7-8-18(17)24)25-21(27)12-26-19-9-6-13(23)10-16(19)15-4-2-3-5-20(15)32(26,29)30/h2-11H,12H2,1H3,(H,25,27). The van der Waals surface area contributed by atoms with Crippen LogP contribution in [0.5, 0.6) is 0 Å². The third-order valence-electron chi connectivity index (χ3n) is 4.92. The van der Waals surface area contributed by atoms with Crippen LogP contribution >= 0.6 is 23.2 Å². The van der Waals surface area contributed by atoms with Gasteiger partial charge in [0, 0.05) is 21.8 Å². The lowest BCUT2D eigenvalue weighted by molar-refractivity contribution is -0.114. The van der Waals surface area contributed by atoms with E-state index in [1.807, 2.05) is 0 Å². The summed E-state index contributed by atoms with van der Waals surface area (Å²) in [6.45, 7) is -0.485. The van der Waals surface area contributed by atoms with E-state index in [1.54, 1.807) is 36.4 Å². The fourth-order valence-corrected chi connectivity index (χ4v) is 5.49. The van der Waals surface area contributed by atoms with Gasteiger partial charge in [0.15, 0.2) is 0 Å². The van der Waals surface area contributed by atoms with Gasteiger partial charge in [-0.15, -0.1) is 0 Å². The van der Waals surface area contributed by atoms with Crippen LogP contribution in [-0.2, 0) is 19.6 Å². The largest absolute Gasteiger partial charge is 0.465 e. The highest BCUT2D eigenvalue weighted by molar-refractivity contribution is 7.93. The first kappa shape index (κ1) is 22.1. The molecule has 3 aromatic rings. The average Bonchev–Trinajstić information content (AvgIpc) is 2.77. The van der Waals surface area contributed by atoms with E-state index in [-0.39, 0.29) is 21.2 Å². The predicted octanol–water partition coefficient (Wildman–Crippen LogP) is 4.59. The van der Waals surface area contributed by atoms with Crippen molar-refractivity contribution in [1.82, 2.24) is 0 Å². The quantitative estimate of drug-likeness (QED) is 0.539. The number of fused-ring (bicyclic) bond motifs is 3. The molecule has 7 nitrogen and oxygen atoms in total. The van der Waals surface area contributed by atoms with E-state index in [0.717, 1.165) is 4.31 Å². The molecule has 1 aliphatic heterocycles. The molecule has 1 heterocycles. The van der Waals surface area contributed by atoms with Crippen LogP contribution in [0, 0.1) is 0 Å². The number of nitrogens with zero attached hydrogens (tertiary/aromatic N) is 1. The van der Waals surface area contributed by atoms with E-state index in [9.17, 15) is 18.0 Å². The molecule has 0 atom stereocenters. The Morgan fingerprint density at radius 2 is 1.75 bits per heavy atom. The number of sulfonamides is 1. The monoisotopic (exact) mass is 490 g/mol. The van der Waals surface area contributed by atoms with E-state index in [2.05, 4.69) is 10.1 Å². The summed E-state index contributed by atoms with van der Waals surface area (Å²) in [7, 11) is -2.78. The van der Waals surface area contributed by atoms with Crippen molar-refractivity contribution in [1.29, 1.82) is 0 Å². The van der Waals surface area contributed by atoms with Gasteiger partial charge in [-0.2, -0.15) is 0 Å². The van der Waals surface area contributed by atoms with Gasteiger partial charge in [0.2, 0.25) is 5.91 Å². The van der Waals surface area contributed by atoms with E-state index in [4.69, 9.17) is 23.2 Å². The summed E-state index contributed by atoms with van der Waals surface area (Å²) in [6, 6.07) is 15.6. The average molecular weight is 491 g/mol. The molecule has 0 bridgehead atoms. The Labute approximate surface area is 194 Å². The number of halogens is 2. The molecule has 0 saturated carbocycles. The Morgan fingerprint density at radius 1 is 1.00 bits per heavy atom. The smallest absolute Gasteiger partial charge is 0.339 e. The van der Waals surface area contributed by atoms with Crippen molar-refractivity contribution >= 4 is 56.5 Å². The molecule has 0 fully saturated rings. The van der Waals surface area contributed by atoms with Crippen LogP contribution in [0.2, 0.25) is 10.0 Å². The van der Waals surface area contributed by atoms with Crippen LogP contribution in [0.4, 0.5) is 11.4 Å². The van der Waals surface area contributed by atoms with Crippen LogP contribution in [0.25, 0.3) is 11.1 Å². The molecule has 1 amide bonds. The number of methoxy groups -OCH3 is 1. The molecule has 0 aliphatic carbocycles. The van der Waals surface area contributed by atoms with Crippen molar-refractivity contribution in [3.05, 3.63) is 76.3 Å². The Bertz CT molecular complexity index is 1360. The Hall–Kier alpha value is -3.07. The first-order valence-electron chi connectivity index (χ1n) is 9.32. The van der Waals surface area contributed by atoms with Crippen molar-refractivity contribution in [2.45, 2.75) is 4.90 Å². The second kappa shape index (κ2) is 8.46. The van der Waals surface area contributed by atoms with Crippen LogP contribution in [-0.4, -0.2) is 33.9 Å². The van der Waals surface area contributed by atoms with E-state index >= 15 is 0 Å². The number of hydrogen-bond acceptors (Lipinski definition) is 5. The highest BCUT2D eigenvalue weighted by Gasteiger charge is 2.36. The third kappa shape index (κ3) is 3.92. The maximum absolute atomic E-state index is 13.3. The highest BCUT2D eigenvalue weighted by Crippen LogP contribution is 2.43. The van der Waals surface area contributed by atoms with Crippen molar-refractivity contribution in [2.24, 2.45) is 0 Å². The molecule has 3 aromatic carbocycles. The molecule has 0 unspecified atom stereocenters. The lowest BCUT2D eigenvalue weighted by Crippen LogP contribution is -2.40. The minimum absolute atomic E-state index is 0.0754. The zero-order chi connectivity index (χ0) is 23.0. The summed E-state index contributed by atoms with van der Waals surface area (Å²) in [4.78, 5) is 24.7. The molecule has 0 spiro atoms. The van der Waals surface area contributed by atoms with Gasteiger partial charge >= 0.3 is 5.97 Å². The SMILES string of the molecule is COC(=O)c1cc(NC(=O)CN2c3ccc(Cl)cc3-c3ccccc3S2(=O)=O)ccc1Cl. The van der Waals surface area contributed by atoms with Gasteiger partial charge in [-0.1, -0.05) is 41.4 Å². The second-order valence-corrected chi connectivity index (χ2v) is 9.58. The third-order valence-corrected chi connectivity index (χ3v) is 7.30. The van der Waals surface area contributed by atoms with Crippen LogP contribution in [0.1, 0.15) is 10.4 Å². The summed E-state index contributed by atoms with van der Waals surface area (Å²) < 4.78 is 32.3. The lowest BCUT2D eigenvalue weighted by atomic mass is 10.0. The fraction of sp³-hybridized carbons (Fsp3) is 0.0909. The highest BCUT2D eigenvalue weighted by atomic mass is 35.5. The molecular weight excluding hydrogens is 475 g/mol. The van der Waals surface area contributed by atoms with Crippen LogP contribution < -0.4 is 9.62 Å². The van der Waals surface area contributed by atoms with Gasteiger partial charge in [0.25, 0.3) is 10.0 Å². The van der Waals surface area contributed by atoms with Gasteiger partial charge in [0.05, 0.1) is 28.3 Å². The zero-order valence-electron chi connectivity index (χ0n) is 16.6. The zero-order valence-corrected chi connectivity index (χ0v) is 19.0. The van der Waals surface area contributed by atoms with Gasteiger partial charge in [0.1, 0.15) is 6.54 Å². The molecule has 32 heavy (non-hydrogen) atoms. The number of carbonyl (C=O) groups excluding carboxylic acids is 2. The maximum Gasteiger partial charge on any atom is 0.339 e. The fourth-order valence-electron chi connectivity index (χ4n) is 3.47. The first-order chi connectivity index (χ1) is 15.2. The van der Waals surface area contributed by atoms with E-state index in [0.29, 0.717) is 21.8 Å². The van der Waals surface area contributed by atoms with Crippen LogP contribution in [0.15, 0.2) is 65.6 Å². The number of rotatable bonds is 4. The van der Waals surface area contributed by atoms with Crippen molar-refractivity contribution in [3.63, 3.8) is 0 Å². The number of esters is 1. The number of benzene rings is 3. The van der Waals surface area contributed by atoms with Crippen molar-refractivity contribution in [2.75, 3.05) is 23.3 Å². The van der Waals surface area contributed by atoms with E-state index in [1.165, 1.54) is 31.4 Å². The molecule has 1 N–H and O–H groups in total.